The minimum Gasteiger partial charge on any atom is -0.324 e. The highest BCUT2D eigenvalue weighted by molar-refractivity contribution is 5.75. The molecular weight excluding hydrogens is 496 g/mol. The molecule has 6 nitrogen and oxygen atoms in total. The molecule has 40 heavy (non-hydrogen) atoms. The lowest BCUT2D eigenvalue weighted by Crippen LogP contribution is -2.54. The first-order valence-corrected chi connectivity index (χ1v) is 15.0. The first-order valence-electron chi connectivity index (χ1n) is 15.0. The third kappa shape index (κ3) is 6.49. The minimum absolute atomic E-state index is 0. The predicted molar refractivity (Wildman–Crippen MR) is 164 cm³/mol. The number of pyridine rings is 1. The fraction of sp³-hybridized carbons (Fsp3) is 0.471. The number of nitrogens with zero attached hydrogens (tertiary/aromatic N) is 3. The summed E-state index contributed by atoms with van der Waals surface area (Å²) in [5.74, 6) is 0. The monoisotopic (exact) mass is 542 g/mol. The molecule has 6 heteroatoms. The van der Waals surface area contributed by atoms with Crippen LogP contribution in [0.4, 0.5) is 4.79 Å². The van der Waals surface area contributed by atoms with E-state index in [4.69, 9.17) is 0 Å². The molecule has 2 amide bonds. The van der Waals surface area contributed by atoms with Crippen molar-refractivity contribution in [2.45, 2.75) is 63.5 Å². The van der Waals surface area contributed by atoms with Crippen molar-refractivity contribution < 1.29 is 6.22 Å². The maximum Gasteiger partial charge on any atom is 0.320 e. The number of aromatic nitrogens is 1. The molecule has 1 saturated carbocycles. The molecule has 0 radical (unpaired) electrons. The van der Waals surface area contributed by atoms with E-state index in [1.165, 1.54) is 44.1 Å². The first kappa shape index (κ1) is 28.2. The number of aryl methyl sites for hydroxylation is 1. The Bertz CT molecular complexity index is 1310. The molecule has 3 heterocycles. The number of hydrogen-bond donors (Lipinski definition) is 1. The predicted octanol–water partition coefficient (Wildman–Crippen LogP) is 6.49. The van der Waals surface area contributed by atoms with Gasteiger partial charge in [-0.1, -0.05) is 73.5 Å². The third-order valence-electron chi connectivity index (χ3n) is 9.25. The van der Waals surface area contributed by atoms with Crippen LogP contribution in [0.25, 0.3) is 11.1 Å². The second-order valence-corrected chi connectivity index (χ2v) is 11.9. The fourth-order valence-electron chi connectivity index (χ4n) is 6.89. The van der Waals surface area contributed by atoms with Gasteiger partial charge in [-0.3, -0.25) is 4.79 Å². The fourth-order valence-corrected chi connectivity index (χ4v) is 6.89. The number of nitrogens with one attached hydrogen (secondary N) is 1. The quantitative estimate of drug-likeness (QED) is 0.412. The summed E-state index contributed by atoms with van der Waals surface area (Å²) >= 11 is 0. The van der Waals surface area contributed by atoms with Gasteiger partial charge in [0, 0.05) is 46.4 Å². The summed E-state index contributed by atoms with van der Waals surface area (Å²) in [4.78, 5) is 29.2. The molecule has 1 aromatic heterocycles. The molecule has 2 saturated heterocycles. The standard InChI is InChI=1S/C22H33N3O.C12H11NO.H2/c1-23-19-10-15-25(20(16-19)18-8-3-2-4-9-18)21(26)24-14-7-13-22(17-24)11-5-6-12-22;1-13-8-7-11(9-12(13)14)10-5-3-2-4-6-10;/h2-4,8-9,19-20,23H,5-7,10-17H2,1H3;2-9H,1H3;1H/t19-,20+;;/m1../s1. The van der Waals surface area contributed by atoms with Crippen LogP contribution < -0.4 is 10.9 Å². The van der Waals surface area contributed by atoms with Crippen LogP contribution >= 0.6 is 0 Å². The normalized spacial score (nSPS) is 22.1. The van der Waals surface area contributed by atoms with Crippen molar-refractivity contribution >= 4 is 6.03 Å². The van der Waals surface area contributed by atoms with Gasteiger partial charge in [0.15, 0.2) is 0 Å². The van der Waals surface area contributed by atoms with Crippen molar-refractivity contribution in [1.29, 1.82) is 0 Å². The van der Waals surface area contributed by atoms with Gasteiger partial charge in [0.1, 0.15) is 0 Å². The van der Waals surface area contributed by atoms with Crippen molar-refractivity contribution in [2.24, 2.45) is 12.5 Å². The highest BCUT2D eigenvalue weighted by Gasteiger charge is 2.42. The van der Waals surface area contributed by atoms with Gasteiger partial charge >= 0.3 is 6.03 Å². The molecule has 3 aliphatic rings. The molecule has 6 rings (SSSR count). The number of rotatable bonds is 3. The molecule has 1 aliphatic carbocycles. The third-order valence-corrected chi connectivity index (χ3v) is 9.25. The molecule has 3 fully saturated rings. The number of carbonyl (C=O) groups is 1. The number of carbonyl (C=O) groups excluding carboxylic acids is 1. The van der Waals surface area contributed by atoms with Crippen molar-refractivity contribution in [2.75, 3.05) is 26.7 Å². The van der Waals surface area contributed by atoms with E-state index in [0.717, 1.165) is 43.6 Å². The van der Waals surface area contributed by atoms with Crippen molar-refractivity contribution in [3.63, 3.8) is 0 Å². The number of piperidine rings is 2. The highest BCUT2D eigenvalue weighted by Crippen LogP contribution is 2.45. The number of benzene rings is 2. The second-order valence-electron chi connectivity index (χ2n) is 11.9. The zero-order chi connectivity index (χ0) is 28.0. The summed E-state index contributed by atoms with van der Waals surface area (Å²) in [6, 6.07) is 25.0. The van der Waals surface area contributed by atoms with Crippen molar-refractivity contribution in [3.8, 4) is 11.1 Å². The number of hydrogen-bond acceptors (Lipinski definition) is 3. The first-order chi connectivity index (χ1) is 19.5. The summed E-state index contributed by atoms with van der Waals surface area (Å²) in [7, 11) is 3.79. The van der Waals surface area contributed by atoms with Crippen LogP contribution in [0.3, 0.4) is 0 Å². The maximum absolute atomic E-state index is 13.5. The summed E-state index contributed by atoms with van der Waals surface area (Å²) < 4.78 is 1.56. The van der Waals surface area contributed by atoms with Gasteiger partial charge < -0.3 is 19.7 Å². The Balaban J connectivity index is 0.000000219. The van der Waals surface area contributed by atoms with E-state index < -0.39 is 0 Å². The van der Waals surface area contributed by atoms with Crippen LogP contribution in [0.1, 0.15) is 64.4 Å². The van der Waals surface area contributed by atoms with E-state index >= 15 is 0 Å². The number of amides is 2. The Kier molecular flexibility index (Phi) is 9.05. The molecule has 2 atom stereocenters. The Morgan fingerprint density at radius 2 is 1.57 bits per heavy atom. The Hall–Kier alpha value is -3.38. The Morgan fingerprint density at radius 3 is 2.25 bits per heavy atom. The van der Waals surface area contributed by atoms with E-state index in [-0.39, 0.29) is 19.1 Å². The van der Waals surface area contributed by atoms with Crippen LogP contribution in [0.15, 0.2) is 83.8 Å². The van der Waals surface area contributed by atoms with E-state index in [2.05, 4.69) is 45.4 Å². The van der Waals surface area contributed by atoms with Crippen LogP contribution in [-0.2, 0) is 7.05 Å². The van der Waals surface area contributed by atoms with Gasteiger partial charge in [0.2, 0.25) is 0 Å². The second kappa shape index (κ2) is 12.9. The van der Waals surface area contributed by atoms with Gasteiger partial charge in [-0.05, 0) is 73.7 Å². The number of urea groups is 1. The number of likely N-dealkylation sites (tertiary alicyclic amines) is 2. The summed E-state index contributed by atoms with van der Waals surface area (Å²) in [6.45, 7) is 2.78. The smallest absolute Gasteiger partial charge is 0.320 e. The summed E-state index contributed by atoms with van der Waals surface area (Å²) in [5, 5.41) is 3.43. The molecular formula is C34H46N4O2. The van der Waals surface area contributed by atoms with Crippen LogP contribution in [0, 0.1) is 5.41 Å². The van der Waals surface area contributed by atoms with Gasteiger partial charge in [-0.2, -0.15) is 0 Å². The molecule has 0 bridgehead atoms. The van der Waals surface area contributed by atoms with Gasteiger partial charge in [0.25, 0.3) is 5.56 Å². The lowest BCUT2D eigenvalue weighted by Gasteiger charge is -2.46. The van der Waals surface area contributed by atoms with E-state index in [0.29, 0.717) is 11.5 Å². The molecule has 214 valence electrons. The summed E-state index contributed by atoms with van der Waals surface area (Å²) in [5.41, 5.74) is 3.76. The topological polar surface area (TPSA) is 57.6 Å². The van der Waals surface area contributed by atoms with Crippen molar-refractivity contribution in [1.82, 2.24) is 19.7 Å². The van der Waals surface area contributed by atoms with E-state index in [1.54, 1.807) is 23.9 Å². The summed E-state index contributed by atoms with van der Waals surface area (Å²) in [6.07, 6.45) is 11.7. The van der Waals surface area contributed by atoms with E-state index in [1.807, 2.05) is 43.4 Å². The maximum atomic E-state index is 13.5. The zero-order valence-corrected chi connectivity index (χ0v) is 24.1. The highest BCUT2D eigenvalue weighted by atomic mass is 16.2. The lowest BCUT2D eigenvalue weighted by atomic mass is 9.78. The van der Waals surface area contributed by atoms with E-state index in [9.17, 15) is 9.59 Å². The Labute approximate surface area is 240 Å². The van der Waals surface area contributed by atoms with Gasteiger partial charge in [-0.25, -0.2) is 4.79 Å². The molecule has 1 spiro atoms. The largest absolute Gasteiger partial charge is 0.324 e. The van der Waals surface area contributed by atoms with Crippen LogP contribution in [0.5, 0.6) is 0 Å². The zero-order valence-electron chi connectivity index (χ0n) is 24.1. The lowest BCUT2D eigenvalue weighted by molar-refractivity contribution is 0.0654. The molecule has 2 aromatic carbocycles. The Morgan fingerprint density at radius 1 is 0.900 bits per heavy atom. The molecule has 1 N–H and O–H groups in total. The minimum atomic E-state index is 0. The van der Waals surface area contributed by atoms with Crippen molar-refractivity contribution in [3.05, 3.63) is 94.9 Å². The van der Waals surface area contributed by atoms with Crippen LogP contribution in [-0.4, -0.2) is 53.1 Å². The SMILES string of the molecule is CN[C@@H]1CCN(C(=O)N2CCCC3(CCCC3)C2)[C@H](c2ccccc2)C1.Cn1ccc(-c2ccccc2)cc1=O.[HH]. The van der Waals surface area contributed by atoms with Crippen LogP contribution in [0.2, 0.25) is 0 Å². The average Bonchev–Trinajstić information content (AvgIpc) is 3.46. The molecule has 0 unspecified atom stereocenters. The molecule has 3 aromatic rings. The van der Waals surface area contributed by atoms with Gasteiger partial charge in [-0.15, -0.1) is 0 Å². The molecule has 2 aliphatic heterocycles. The average molecular weight is 543 g/mol. The van der Waals surface area contributed by atoms with Gasteiger partial charge in [0.05, 0.1) is 6.04 Å².